The Hall–Kier alpha value is -3.26. The number of benzene rings is 2. The summed E-state index contributed by atoms with van der Waals surface area (Å²) >= 11 is 1.05. The molecule has 0 amide bonds. The van der Waals surface area contributed by atoms with Gasteiger partial charge in [-0.2, -0.15) is 0 Å². The van der Waals surface area contributed by atoms with E-state index in [4.69, 9.17) is 9.47 Å². The number of methoxy groups -OCH3 is 1. The van der Waals surface area contributed by atoms with Crippen molar-refractivity contribution in [2.45, 2.75) is 6.92 Å². The first-order valence-electron chi connectivity index (χ1n) is 8.64. The minimum absolute atomic E-state index is 0.00329. The van der Waals surface area contributed by atoms with Crippen molar-refractivity contribution in [1.82, 2.24) is 0 Å². The first-order valence-corrected chi connectivity index (χ1v) is 9.46. The maximum Gasteiger partial charge on any atom is 0.344 e. The van der Waals surface area contributed by atoms with Gasteiger partial charge in [-0.1, -0.05) is 23.9 Å². The molecule has 1 aliphatic heterocycles. The van der Waals surface area contributed by atoms with Gasteiger partial charge in [0.1, 0.15) is 22.2 Å². The molecule has 2 N–H and O–H groups in total. The van der Waals surface area contributed by atoms with E-state index in [0.717, 1.165) is 11.8 Å². The molecule has 0 spiro atoms. The van der Waals surface area contributed by atoms with Crippen molar-refractivity contribution in [3.8, 4) is 11.5 Å². The summed E-state index contributed by atoms with van der Waals surface area (Å²) in [6.45, 7) is 2.17. The second kappa shape index (κ2) is 8.83. The molecule has 0 unspecified atom stereocenters. The third-order valence-electron chi connectivity index (χ3n) is 3.90. The average Bonchev–Trinajstić information content (AvgIpc) is 2.99. The van der Waals surface area contributed by atoms with Crippen molar-refractivity contribution in [3.05, 3.63) is 70.1 Å². The van der Waals surface area contributed by atoms with Crippen LogP contribution in [0.3, 0.4) is 0 Å². The van der Waals surface area contributed by atoms with Crippen molar-refractivity contribution < 1.29 is 28.9 Å². The lowest BCUT2D eigenvalue weighted by Gasteiger charge is -2.06. The molecule has 3 rings (SSSR count). The zero-order valence-electron chi connectivity index (χ0n) is 15.7. The summed E-state index contributed by atoms with van der Waals surface area (Å²) in [5.74, 6) is -1.21. The van der Waals surface area contributed by atoms with E-state index in [0.29, 0.717) is 28.5 Å². The summed E-state index contributed by atoms with van der Waals surface area (Å²) in [7, 11) is 1.20. The van der Waals surface area contributed by atoms with E-state index in [1.165, 1.54) is 31.4 Å². The van der Waals surface area contributed by atoms with E-state index >= 15 is 0 Å². The Bertz CT molecular complexity index is 1050. The average molecular weight is 415 g/mol. The zero-order chi connectivity index (χ0) is 21.0. The van der Waals surface area contributed by atoms with Crippen molar-refractivity contribution in [2.75, 3.05) is 13.7 Å². The second-order valence-electron chi connectivity index (χ2n) is 5.88. The van der Waals surface area contributed by atoms with Crippen LogP contribution >= 0.6 is 11.8 Å². The molecule has 150 valence electrons. The van der Waals surface area contributed by atoms with Crippen LogP contribution in [0.4, 0.5) is 10.1 Å². The summed E-state index contributed by atoms with van der Waals surface area (Å²) < 4.78 is 23.6. The topological polar surface area (TPSA) is 88.4 Å². The Morgan fingerprint density at radius 1 is 1.24 bits per heavy atom. The Balaban J connectivity index is 2.03. The quantitative estimate of drug-likeness (QED) is 0.686. The first kappa shape index (κ1) is 20.5. The highest BCUT2D eigenvalue weighted by Crippen LogP contribution is 2.40. The molecule has 8 heteroatoms. The number of carbonyl (C=O) groups excluding carboxylic acids is 1. The third-order valence-corrected chi connectivity index (χ3v) is 4.92. The molecule has 29 heavy (non-hydrogen) atoms. The van der Waals surface area contributed by atoms with Gasteiger partial charge in [-0.3, -0.25) is 0 Å². The van der Waals surface area contributed by atoms with Gasteiger partial charge in [0.25, 0.3) is 0 Å². The van der Waals surface area contributed by atoms with Crippen LogP contribution < -0.4 is 4.74 Å². The summed E-state index contributed by atoms with van der Waals surface area (Å²) in [5.41, 5.74) is 0.833. The highest BCUT2D eigenvalue weighted by Gasteiger charge is 2.33. The Labute approximate surface area is 171 Å². The molecule has 1 aliphatic rings. The number of phenols is 1. The number of hydrogen-bond donors (Lipinski definition) is 2. The number of aliphatic hydroxyl groups excluding tert-OH is 1. The van der Waals surface area contributed by atoms with Crippen molar-refractivity contribution >= 4 is 34.5 Å². The maximum atomic E-state index is 13.5. The van der Waals surface area contributed by atoms with E-state index < -0.39 is 11.8 Å². The smallest absolute Gasteiger partial charge is 0.344 e. The molecule has 0 saturated carbocycles. The van der Waals surface area contributed by atoms with E-state index in [2.05, 4.69) is 4.99 Å². The number of carbonyl (C=O) groups is 1. The molecule has 0 radical (unpaired) electrons. The van der Waals surface area contributed by atoms with Crippen molar-refractivity contribution in [3.63, 3.8) is 0 Å². The summed E-state index contributed by atoms with van der Waals surface area (Å²) in [4.78, 5) is 16.8. The number of aliphatic hydroxyl groups is 1. The van der Waals surface area contributed by atoms with Gasteiger partial charge in [0, 0.05) is 0 Å². The number of hydrogen-bond acceptors (Lipinski definition) is 7. The lowest BCUT2D eigenvalue weighted by atomic mass is 10.1. The highest BCUT2D eigenvalue weighted by molar-refractivity contribution is 8.18. The minimum Gasteiger partial charge on any atom is -0.506 e. The highest BCUT2D eigenvalue weighted by atomic mass is 32.2. The van der Waals surface area contributed by atoms with E-state index in [1.54, 1.807) is 31.2 Å². The molecular weight excluding hydrogens is 397 g/mol. The number of nitrogens with zero attached hydrogens (tertiary/aromatic N) is 1. The third kappa shape index (κ3) is 4.60. The molecule has 0 atom stereocenters. The van der Waals surface area contributed by atoms with Crippen LogP contribution in [0.2, 0.25) is 0 Å². The van der Waals surface area contributed by atoms with Gasteiger partial charge < -0.3 is 19.7 Å². The van der Waals surface area contributed by atoms with Gasteiger partial charge in [-0.05, 0) is 48.9 Å². The number of rotatable bonds is 5. The molecule has 0 fully saturated rings. The predicted octanol–water partition coefficient (Wildman–Crippen LogP) is 4.73. The number of aromatic hydroxyl groups is 1. The van der Waals surface area contributed by atoms with Crippen LogP contribution in [0, 0.1) is 5.82 Å². The SMILES string of the molecule is CCOc1cc(C=C2SC(=Nc3cccc(F)c3)C(C(=O)OC)=C2O)ccc1O. The molecule has 2 aromatic rings. The van der Waals surface area contributed by atoms with Gasteiger partial charge in [-0.15, -0.1) is 0 Å². The normalized spacial score (nSPS) is 16.5. The number of phenolic OH excluding ortho intramolecular Hbond substituents is 1. The summed E-state index contributed by atoms with van der Waals surface area (Å²) in [5, 5.41) is 20.6. The fraction of sp³-hybridized carbons (Fsp3) is 0.143. The van der Waals surface area contributed by atoms with Crippen LogP contribution in [0.1, 0.15) is 12.5 Å². The second-order valence-corrected chi connectivity index (χ2v) is 6.91. The number of halogens is 1. The monoisotopic (exact) mass is 415 g/mol. The van der Waals surface area contributed by atoms with Gasteiger partial charge in [0.05, 0.1) is 24.3 Å². The van der Waals surface area contributed by atoms with Gasteiger partial charge in [-0.25, -0.2) is 14.2 Å². The molecule has 0 saturated heterocycles. The molecule has 0 bridgehead atoms. The van der Waals surface area contributed by atoms with Gasteiger partial charge in [0.15, 0.2) is 11.5 Å². The van der Waals surface area contributed by atoms with Crippen LogP contribution in [0.15, 0.2) is 63.7 Å². The molecule has 6 nitrogen and oxygen atoms in total. The first-order chi connectivity index (χ1) is 13.9. The standard InChI is InChI=1S/C21H18FNO5S/c1-3-28-16-9-12(7-8-15(16)24)10-17-19(25)18(21(26)27-2)20(29-17)23-14-6-4-5-13(22)11-14/h4-11,24-25H,3H2,1-2H3. The molecule has 1 heterocycles. The molecule has 0 aromatic heterocycles. The van der Waals surface area contributed by atoms with Gasteiger partial charge in [0.2, 0.25) is 0 Å². The maximum absolute atomic E-state index is 13.5. The van der Waals surface area contributed by atoms with Crippen LogP contribution in [0.5, 0.6) is 11.5 Å². The van der Waals surface area contributed by atoms with Crippen LogP contribution in [-0.4, -0.2) is 34.9 Å². The van der Waals surface area contributed by atoms with E-state index in [-0.39, 0.29) is 22.1 Å². The van der Waals surface area contributed by atoms with E-state index in [1.807, 2.05) is 0 Å². The number of thioether (sulfide) groups is 1. The molecule has 0 aliphatic carbocycles. The van der Waals surface area contributed by atoms with Crippen molar-refractivity contribution in [2.24, 2.45) is 4.99 Å². The fourth-order valence-electron chi connectivity index (χ4n) is 2.60. The fourth-order valence-corrected chi connectivity index (χ4v) is 3.63. The van der Waals surface area contributed by atoms with Crippen LogP contribution in [-0.2, 0) is 9.53 Å². The summed E-state index contributed by atoms with van der Waals surface area (Å²) in [6.07, 6.45) is 1.62. The lowest BCUT2D eigenvalue weighted by Crippen LogP contribution is -2.10. The summed E-state index contributed by atoms with van der Waals surface area (Å²) in [6, 6.07) is 10.3. The molecule has 2 aromatic carbocycles. The predicted molar refractivity (Wildman–Crippen MR) is 110 cm³/mol. The minimum atomic E-state index is -0.755. The zero-order valence-corrected chi connectivity index (χ0v) is 16.5. The Kier molecular flexibility index (Phi) is 6.23. The lowest BCUT2D eigenvalue weighted by molar-refractivity contribution is -0.135. The van der Waals surface area contributed by atoms with Crippen molar-refractivity contribution in [1.29, 1.82) is 0 Å². The largest absolute Gasteiger partial charge is 0.506 e. The number of esters is 1. The molecular formula is C21H18FNO5S. The van der Waals surface area contributed by atoms with E-state index in [9.17, 15) is 19.4 Å². The van der Waals surface area contributed by atoms with Crippen LogP contribution in [0.25, 0.3) is 6.08 Å². The number of ether oxygens (including phenoxy) is 2. The Morgan fingerprint density at radius 2 is 2.03 bits per heavy atom. The van der Waals surface area contributed by atoms with Gasteiger partial charge >= 0.3 is 5.97 Å². The number of aliphatic imine (C=N–C) groups is 1. The Morgan fingerprint density at radius 3 is 2.72 bits per heavy atom.